The lowest BCUT2D eigenvalue weighted by Crippen LogP contribution is -2.38. The molecule has 1 N–H and O–H groups in total. The van der Waals surface area contributed by atoms with Crippen molar-refractivity contribution >= 4 is 18.0 Å². The fourth-order valence-electron chi connectivity index (χ4n) is 3.17. The number of ether oxygens (including phenoxy) is 2. The molecule has 0 radical (unpaired) electrons. The number of hydrogen-bond donors (Lipinski definition) is 1. The van der Waals surface area contributed by atoms with Gasteiger partial charge in [0.05, 0.1) is 6.04 Å². The number of esters is 1. The molecule has 1 amide bonds. The van der Waals surface area contributed by atoms with Crippen LogP contribution in [-0.2, 0) is 14.3 Å². The highest BCUT2D eigenvalue weighted by molar-refractivity contribution is 5.90. The van der Waals surface area contributed by atoms with Crippen molar-refractivity contribution in [2.45, 2.75) is 19.1 Å². The van der Waals surface area contributed by atoms with Gasteiger partial charge in [-0.3, -0.25) is 4.79 Å². The number of rotatable bonds is 10. The molecule has 0 spiro atoms. The van der Waals surface area contributed by atoms with Crippen molar-refractivity contribution in [1.29, 1.82) is 0 Å². The molecule has 5 heteroatoms. The Morgan fingerprint density at radius 3 is 2.03 bits per heavy atom. The van der Waals surface area contributed by atoms with Gasteiger partial charge in [-0.25, -0.2) is 4.79 Å². The molecule has 0 saturated heterocycles. The van der Waals surface area contributed by atoms with Gasteiger partial charge < -0.3 is 14.8 Å². The molecule has 168 valence electrons. The Balaban J connectivity index is 1.60. The molecule has 0 aliphatic rings. The largest absolute Gasteiger partial charge is 0.490 e. The van der Waals surface area contributed by atoms with Gasteiger partial charge in [-0.2, -0.15) is 0 Å². The Morgan fingerprint density at radius 1 is 0.909 bits per heavy atom. The highest BCUT2D eigenvalue weighted by Gasteiger charge is 2.22. The molecule has 3 aromatic rings. The minimum Gasteiger partial charge on any atom is -0.490 e. The number of amides is 1. The summed E-state index contributed by atoms with van der Waals surface area (Å²) in [5.74, 6) is -0.259. The molecule has 0 heterocycles. The molecule has 3 aromatic carbocycles. The number of nitrogens with one attached hydrogen (secondary N) is 1. The molecule has 5 nitrogen and oxygen atoms in total. The lowest BCUT2D eigenvalue weighted by Gasteiger charge is -2.22. The van der Waals surface area contributed by atoms with E-state index in [0.717, 1.165) is 16.7 Å². The predicted molar refractivity (Wildman–Crippen MR) is 130 cm³/mol. The summed E-state index contributed by atoms with van der Waals surface area (Å²) in [5, 5.41) is 2.99. The van der Waals surface area contributed by atoms with Gasteiger partial charge in [0.15, 0.2) is 6.10 Å². The molecule has 33 heavy (non-hydrogen) atoms. The first-order chi connectivity index (χ1) is 16.1. The monoisotopic (exact) mass is 441 g/mol. The molecule has 0 bridgehead atoms. The van der Waals surface area contributed by atoms with Crippen molar-refractivity contribution in [2.75, 3.05) is 6.61 Å². The van der Waals surface area contributed by atoms with E-state index in [0.29, 0.717) is 12.4 Å². The van der Waals surface area contributed by atoms with Crippen molar-refractivity contribution in [2.24, 2.45) is 0 Å². The predicted octanol–water partition coefficient (Wildman–Crippen LogP) is 5.10. The molecule has 1 unspecified atom stereocenters. The van der Waals surface area contributed by atoms with Crippen LogP contribution in [0, 0.1) is 0 Å². The molecule has 0 saturated carbocycles. The Labute approximate surface area is 194 Å². The van der Waals surface area contributed by atoms with E-state index in [2.05, 4.69) is 11.9 Å². The zero-order chi connectivity index (χ0) is 23.5. The van der Waals surface area contributed by atoms with Crippen molar-refractivity contribution in [1.82, 2.24) is 5.32 Å². The van der Waals surface area contributed by atoms with E-state index in [1.807, 2.05) is 72.8 Å². The van der Waals surface area contributed by atoms with Crippen LogP contribution in [0.5, 0.6) is 5.75 Å². The smallest absolute Gasteiger partial charge is 0.331 e. The topological polar surface area (TPSA) is 64.6 Å². The molecular weight excluding hydrogens is 414 g/mol. The lowest BCUT2D eigenvalue weighted by atomic mass is 9.98. The maximum absolute atomic E-state index is 12.8. The van der Waals surface area contributed by atoms with E-state index in [1.54, 1.807) is 31.2 Å². The summed E-state index contributed by atoms with van der Waals surface area (Å²) in [7, 11) is 0. The molecular formula is C28H27NO4. The van der Waals surface area contributed by atoms with Crippen LogP contribution in [0.15, 0.2) is 104 Å². The summed E-state index contributed by atoms with van der Waals surface area (Å²) >= 11 is 0. The summed E-state index contributed by atoms with van der Waals surface area (Å²) in [5.41, 5.74) is 2.69. The average molecular weight is 442 g/mol. The van der Waals surface area contributed by atoms with Crippen LogP contribution in [-0.4, -0.2) is 24.6 Å². The first kappa shape index (κ1) is 23.5. The number of hydrogen-bond acceptors (Lipinski definition) is 4. The van der Waals surface area contributed by atoms with E-state index in [-0.39, 0.29) is 11.9 Å². The Kier molecular flexibility index (Phi) is 8.60. The first-order valence-corrected chi connectivity index (χ1v) is 10.7. The third-order valence-electron chi connectivity index (χ3n) is 4.87. The molecule has 0 aromatic heterocycles. The number of carbonyl (C=O) groups is 2. The highest BCUT2D eigenvalue weighted by atomic mass is 16.5. The Bertz CT molecular complexity index is 1040. The van der Waals surface area contributed by atoms with Gasteiger partial charge in [-0.05, 0) is 41.8 Å². The number of carbonyl (C=O) groups excluding carboxylic acids is 2. The number of benzene rings is 3. The maximum atomic E-state index is 12.8. The summed E-state index contributed by atoms with van der Waals surface area (Å²) in [4.78, 5) is 25.0. The van der Waals surface area contributed by atoms with Crippen LogP contribution in [0.1, 0.15) is 29.7 Å². The zero-order valence-corrected chi connectivity index (χ0v) is 18.5. The van der Waals surface area contributed by atoms with E-state index < -0.39 is 12.1 Å². The van der Waals surface area contributed by atoms with Crippen molar-refractivity contribution < 1.29 is 19.1 Å². The van der Waals surface area contributed by atoms with Crippen molar-refractivity contribution in [3.05, 3.63) is 120 Å². The van der Waals surface area contributed by atoms with Crippen LogP contribution >= 0.6 is 0 Å². The van der Waals surface area contributed by atoms with E-state index >= 15 is 0 Å². The summed E-state index contributed by atoms with van der Waals surface area (Å²) < 4.78 is 10.7. The maximum Gasteiger partial charge on any atom is 0.331 e. The second-order valence-electron chi connectivity index (χ2n) is 7.34. The quantitative estimate of drug-likeness (QED) is 0.270. The molecule has 3 rings (SSSR count). The minimum atomic E-state index is -0.952. The molecule has 0 aliphatic heterocycles. The third-order valence-corrected chi connectivity index (χ3v) is 4.87. The highest BCUT2D eigenvalue weighted by Crippen LogP contribution is 2.22. The lowest BCUT2D eigenvalue weighted by molar-refractivity contribution is -0.150. The van der Waals surface area contributed by atoms with Gasteiger partial charge in [0.1, 0.15) is 12.4 Å². The summed E-state index contributed by atoms with van der Waals surface area (Å²) in [6.45, 7) is 5.59. The van der Waals surface area contributed by atoms with E-state index in [9.17, 15) is 9.59 Å². The first-order valence-electron chi connectivity index (χ1n) is 10.7. The Morgan fingerprint density at radius 2 is 1.48 bits per heavy atom. The Hall–Kier alpha value is -4.12. The van der Waals surface area contributed by atoms with E-state index in [1.165, 1.54) is 6.08 Å². The van der Waals surface area contributed by atoms with Crippen LogP contribution in [0.2, 0.25) is 0 Å². The van der Waals surface area contributed by atoms with Crippen LogP contribution in [0.25, 0.3) is 6.08 Å². The van der Waals surface area contributed by atoms with Gasteiger partial charge in [0, 0.05) is 6.08 Å². The zero-order valence-electron chi connectivity index (χ0n) is 18.5. The summed E-state index contributed by atoms with van der Waals surface area (Å²) in [6, 6.07) is 26.2. The molecule has 0 fully saturated rings. The second kappa shape index (κ2) is 12.1. The van der Waals surface area contributed by atoms with Gasteiger partial charge in [-0.15, -0.1) is 0 Å². The fourth-order valence-corrected chi connectivity index (χ4v) is 3.17. The van der Waals surface area contributed by atoms with Crippen LogP contribution in [0.4, 0.5) is 0 Å². The second-order valence-corrected chi connectivity index (χ2v) is 7.34. The molecule has 0 aliphatic carbocycles. The fraction of sp³-hybridized carbons (Fsp3) is 0.143. The van der Waals surface area contributed by atoms with Crippen LogP contribution < -0.4 is 10.1 Å². The van der Waals surface area contributed by atoms with Gasteiger partial charge in [0.25, 0.3) is 5.91 Å². The molecule has 1 atom stereocenters. The van der Waals surface area contributed by atoms with Gasteiger partial charge in [-0.1, -0.05) is 85.5 Å². The minimum absolute atomic E-state index is 0.349. The average Bonchev–Trinajstić information content (AvgIpc) is 2.86. The normalized spacial score (nSPS) is 11.7. The van der Waals surface area contributed by atoms with E-state index in [4.69, 9.17) is 9.47 Å². The SMILES string of the molecule is C=CCOc1ccc(/C=C/C(=O)OC(C)C(=O)NC(c2ccccc2)c2ccccc2)cc1. The third kappa shape index (κ3) is 7.21. The summed E-state index contributed by atoms with van der Waals surface area (Å²) in [6.07, 6.45) is 3.64. The van der Waals surface area contributed by atoms with Gasteiger partial charge >= 0.3 is 5.97 Å². The van der Waals surface area contributed by atoms with Gasteiger partial charge in [0.2, 0.25) is 0 Å². The standard InChI is InChI=1S/C28H27NO4/c1-3-20-32-25-17-14-22(15-18-25)16-19-26(30)33-21(2)28(31)29-27(23-10-6-4-7-11-23)24-12-8-5-9-13-24/h3-19,21,27H,1,20H2,2H3,(H,29,31)/b19-16+. The van der Waals surface area contributed by atoms with Crippen molar-refractivity contribution in [3.63, 3.8) is 0 Å². The van der Waals surface area contributed by atoms with Crippen molar-refractivity contribution in [3.8, 4) is 5.75 Å². The van der Waals surface area contributed by atoms with Crippen LogP contribution in [0.3, 0.4) is 0 Å².